The number of likely N-dealkylation sites (N-methyl/N-ethyl adjacent to an activating group) is 1. The molecule has 1 aromatic carbocycles. The van der Waals surface area contributed by atoms with E-state index in [1.165, 1.54) is 24.3 Å². The van der Waals surface area contributed by atoms with E-state index in [0.717, 1.165) is 0 Å². The van der Waals surface area contributed by atoms with Crippen molar-refractivity contribution in [2.45, 2.75) is 12.0 Å². The molecule has 3 rings (SSSR count). The van der Waals surface area contributed by atoms with Gasteiger partial charge in [-0.3, -0.25) is 14.5 Å². The normalized spacial score (nSPS) is 24.4. The molecule has 134 valence electrons. The molecule has 2 aliphatic heterocycles. The van der Waals surface area contributed by atoms with Crippen molar-refractivity contribution in [3.63, 3.8) is 0 Å². The Morgan fingerprint density at radius 2 is 2.08 bits per heavy atom. The summed E-state index contributed by atoms with van der Waals surface area (Å²) in [7, 11) is 1.75. The second-order valence-electron chi connectivity index (χ2n) is 6.47. The van der Waals surface area contributed by atoms with Crippen molar-refractivity contribution in [2.75, 3.05) is 45.2 Å². The summed E-state index contributed by atoms with van der Waals surface area (Å²) in [5, 5.41) is 2.74. The maximum Gasteiger partial charge on any atom is 0.256 e. The van der Waals surface area contributed by atoms with E-state index in [4.69, 9.17) is 4.74 Å². The van der Waals surface area contributed by atoms with E-state index in [0.29, 0.717) is 38.3 Å². The molecule has 25 heavy (non-hydrogen) atoms. The summed E-state index contributed by atoms with van der Waals surface area (Å²) >= 11 is 0. The van der Waals surface area contributed by atoms with Gasteiger partial charge in [-0.25, -0.2) is 4.39 Å². The highest BCUT2D eigenvalue weighted by Gasteiger charge is 2.45. The number of carbonyl (C=O) groups excluding carboxylic acids is 2. The Labute approximate surface area is 146 Å². The molecule has 1 N–H and O–H groups in total. The number of benzene rings is 1. The number of morpholine rings is 1. The second kappa shape index (κ2) is 7.33. The van der Waals surface area contributed by atoms with Gasteiger partial charge in [-0.2, -0.15) is 0 Å². The Balaban J connectivity index is 1.63. The molecule has 0 bridgehead atoms. The highest BCUT2D eigenvalue weighted by atomic mass is 19.1. The molecule has 1 atom stereocenters. The quantitative estimate of drug-likeness (QED) is 0.836. The van der Waals surface area contributed by atoms with Crippen LogP contribution in [0, 0.1) is 5.82 Å². The average Bonchev–Trinajstić information content (AvgIpc) is 2.71. The van der Waals surface area contributed by atoms with Gasteiger partial charge in [-0.15, -0.1) is 0 Å². The molecule has 1 aromatic rings. The zero-order valence-electron chi connectivity index (χ0n) is 14.2. The number of nitrogens with zero attached hydrogens (tertiary/aromatic N) is 2. The fourth-order valence-corrected chi connectivity index (χ4v) is 3.21. The second-order valence-corrected chi connectivity index (χ2v) is 6.47. The topological polar surface area (TPSA) is 61.9 Å². The maximum atomic E-state index is 12.9. The van der Waals surface area contributed by atoms with Crippen LogP contribution in [0.4, 0.5) is 10.1 Å². The van der Waals surface area contributed by atoms with Crippen LogP contribution in [-0.4, -0.2) is 67.0 Å². The molecule has 1 spiro atoms. The molecule has 2 heterocycles. The highest BCUT2D eigenvalue weighted by molar-refractivity contribution is 5.92. The molecule has 7 heteroatoms. The van der Waals surface area contributed by atoms with Gasteiger partial charge in [0.05, 0.1) is 13.2 Å². The molecule has 0 aliphatic carbocycles. The third-order valence-electron chi connectivity index (χ3n) is 4.49. The highest BCUT2D eigenvalue weighted by Crippen LogP contribution is 2.27. The van der Waals surface area contributed by atoms with Gasteiger partial charge in [0.2, 0.25) is 5.91 Å². The predicted molar refractivity (Wildman–Crippen MR) is 91.5 cm³/mol. The molecular weight excluding hydrogens is 325 g/mol. The smallest absolute Gasteiger partial charge is 0.256 e. The zero-order valence-corrected chi connectivity index (χ0v) is 14.2. The van der Waals surface area contributed by atoms with Crippen molar-refractivity contribution in [3.05, 3.63) is 42.2 Å². The Kier molecular flexibility index (Phi) is 5.15. The minimum absolute atomic E-state index is 0.0545. The average molecular weight is 347 g/mol. The molecule has 1 unspecified atom stereocenters. The van der Waals surface area contributed by atoms with E-state index < -0.39 is 5.60 Å². The van der Waals surface area contributed by atoms with Gasteiger partial charge in [0.15, 0.2) is 5.60 Å². The number of hydrogen-bond acceptors (Lipinski definition) is 4. The van der Waals surface area contributed by atoms with Crippen molar-refractivity contribution in [3.8, 4) is 0 Å². The van der Waals surface area contributed by atoms with Gasteiger partial charge in [0, 0.05) is 38.8 Å². The van der Waals surface area contributed by atoms with E-state index in [9.17, 15) is 14.0 Å². The summed E-state index contributed by atoms with van der Waals surface area (Å²) in [6, 6.07) is 5.63. The first-order valence-electron chi connectivity index (χ1n) is 8.31. The fourth-order valence-electron chi connectivity index (χ4n) is 3.21. The summed E-state index contributed by atoms with van der Waals surface area (Å²) in [6.07, 6.45) is 4.42. The first-order valence-corrected chi connectivity index (χ1v) is 8.31. The molecule has 0 aromatic heterocycles. The summed E-state index contributed by atoms with van der Waals surface area (Å²) in [6.45, 7) is 2.08. The van der Waals surface area contributed by atoms with Crippen molar-refractivity contribution >= 4 is 17.5 Å². The Morgan fingerprint density at radius 1 is 1.32 bits per heavy atom. The number of hydrogen-bond donors (Lipinski definition) is 1. The first-order chi connectivity index (χ1) is 12.0. The number of amides is 2. The minimum Gasteiger partial charge on any atom is -0.362 e. The summed E-state index contributed by atoms with van der Waals surface area (Å²) < 4.78 is 18.8. The van der Waals surface area contributed by atoms with Gasteiger partial charge < -0.3 is 15.0 Å². The lowest BCUT2D eigenvalue weighted by molar-refractivity contribution is -0.168. The van der Waals surface area contributed by atoms with Crippen LogP contribution in [0.25, 0.3) is 0 Å². The molecule has 1 fully saturated rings. The van der Waals surface area contributed by atoms with Crippen molar-refractivity contribution in [2.24, 2.45) is 0 Å². The molecule has 1 saturated heterocycles. The Morgan fingerprint density at radius 3 is 2.84 bits per heavy atom. The van der Waals surface area contributed by atoms with E-state index in [-0.39, 0.29) is 24.2 Å². The summed E-state index contributed by atoms with van der Waals surface area (Å²) in [5.41, 5.74) is -0.376. The molecule has 0 saturated carbocycles. The van der Waals surface area contributed by atoms with Crippen molar-refractivity contribution in [1.82, 2.24) is 9.80 Å². The lowest BCUT2D eigenvalue weighted by atomic mass is 9.95. The van der Waals surface area contributed by atoms with Crippen molar-refractivity contribution in [1.29, 1.82) is 0 Å². The Bertz CT molecular complexity index is 677. The number of halogens is 1. The maximum absolute atomic E-state index is 12.9. The van der Waals surface area contributed by atoms with Crippen LogP contribution in [-0.2, 0) is 14.3 Å². The SMILES string of the molecule is CN1CC=CCC2(CN(CC(=O)Nc3ccc(F)cc3)CCO2)C1=O. The van der Waals surface area contributed by atoms with Gasteiger partial charge >= 0.3 is 0 Å². The van der Waals surface area contributed by atoms with Crippen LogP contribution >= 0.6 is 0 Å². The Hall–Kier alpha value is -2.25. The van der Waals surface area contributed by atoms with Crippen LogP contribution < -0.4 is 5.32 Å². The molecule has 2 aliphatic rings. The monoisotopic (exact) mass is 347 g/mol. The van der Waals surface area contributed by atoms with E-state index in [1.54, 1.807) is 11.9 Å². The summed E-state index contributed by atoms with van der Waals surface area (Å²) in [4.78, 5) is 28.5. The number of anilines is 1. The van der Waals surface area contributed by atoms with Gasteiger partial charge in [-0.05, 0) is 24.3 Å². The zero-order chi connectivity index (χ0) is 17.9. The third-order valence-corrected chi connectivity index (χ3v) is 4.49. The number of nitrogens with one attached hydrogen (secondary N) is 1. The van der Waals surface area contributed by atoms with Crippen LogP contribution in [0.3, 0.4) is 0 Å². The van der Waals surface area contributed by atoms with Gasteiger partial charge in [-0.1, -0.05) is 12.2 Å². The molecule has 2 amide bonds. The first kappa shape index (κ1) is 17.6. The van der Waals surface area contributed by atoms with E-state index in [1.807, 2.05) is 17.1 Å². The lowest BCUT2D eigenvalue weighted by Crippen LogP contribution is -2.60. The third kappa shape index (κ3) is 4.05. The minimum atomic E-state index is -0.920. The number of ether oxygens (including phenoxy) is 1. The van der Waals surface area contributed by atoms with Crippen LogP contribution in [0.15, 0.2) is 36.4 Å². The van der Waals surface area contributed by atoms with E-state index in [2.05, 4.69) is 5.32 Å². The summed E-state index contributed by atoms with van der Waals surface area (Å²) in [5.74, 6) is -0.605. The fraction of sp³-hybridized carbons (Fsp3) is 0.444. The molecule has 0 radical (unpaired) electrons. The van der Waals surface area contributed by atoms with Crippen molar-refractivity contribution < 1.29 is 18.7 Å². The molecule has 6 nitrogen and oxygen atoms in total. The predicted octanol–water partition coefficient (Wildman–Crippen LogP) is 1.25. The number of rotatable bonds is 3. The van der Waals surface area contributed by atoms with Crippen LogP contribution in [0.5, 0.6) is 0 Å². The standard InChI is InChI=1S/C18H22FN3O3/c1-21-9-3-2-8-18(17(21)24)13-22(10-11-25-18)12-16(23)20-15-6-4-14(19)5-7-15/h2-7H,8-13H2,1H3,(H,20,23). The van der Waals surface area contributed by atoms with Crippen LogP contribution in [0.1, 0.15) is 6.42 Å². The number of carbonyl (C=O) groups is 2. The van der Waals surface area contributed by atoms with Gasteiger partial charge in [0.1, 0.15) is 5.82 Å². The van der Waals surface area contributed by atoms with Gasteiger partial charge in [0.25, 0.3) is 5.91 Å². The largest absolute Gasteiger partial charge is 0.362 e. The van der Waals surface area contributed by atoms with Crippen LogP contribution in [0.2, 0.25) is 0 Å². The van der Waals surface area contributed by atoms with E-state index >= 15 is 0 Å². The lowest BCUT2D eigenvalue weighted by Gasteiger charge is -2.41. The molecular formula is C18H22FN3O3.